The third-order valence-electron chi connectivity index (χ3n) is 3.87. The molecule has 0 bridgehead atoms. The van der Waals surface area contributed by atoms with Crippen molar-refractivity contribution in [2.24, 2.45) is 0 Å². The first-order valence-electron chi connectivity index (χ1n) is 8.07. The lowest BCUT2D eigenvalue weighted by Crippen LogP contribution is -2.53. The molecule has 1 aliphatic rings. The van der Waals surface area contributed by atoms with Gasteiger partial charge < -0.3 is 14.4 Å². The number of ether oxygens (including phenoxy) is 2. The minimum Gasteiger partial charge on any atom is -0.465 e. The summed E-state index contributed by atoms with van der Waals surface area (Å²) in [6.45, 7) is 6.16. The third kappa shape index (κ3) is 4.29. The van der Waals surface area contributed by atoms with Gasteiger partial charge in [0.25, 0.3) is 0 Å². The van der Waals surface area contributed by atoms with Crippen molar-refractivity contribution >= 4 is 18.0 Å². The summed E-state index contributed by atoms with van der Waals surface area (Å²) in [5.74, 6) is -0.648. The lowest BCUT2D eigenvalue weighted by Gasteiger charge is -2.39. The van der Waals surface area contributed by atoms with Gasteiger partial charge in [-0.05, 0) is 38.5 Å². The highest BCUT2D eigenvalue weighted by Crippen LogP contribution is 2.28. The Morgan fingerprint density at radius 1 is 1.12 bits per heavy atom. The van der Waals surface area contributed by atoms with Crippen LogP contribution in [0, 0.1) is 0 Å². The van der Waals surface area contributed by atoms with Crippen molar-refractivity contribution in [1.82, 2.24) is 9.80 Å². The van der Waals surface area contributed by atoms with Crippen LogP contribution in [0.1, 0.15) is 42.7 Å². The summed E-state index contributed by atoms with van der Waals surface area (Å²) in [6.07, 6.45) is -0.531. The Bertz CT molecular complexity index is 663. The Morgan fingerprint density at radius 2 is 1.72 bits per heavy atom. The van der Waals surface area contributed by atoms with Crippen LogP contribution < -0.4 is 0 Å². The van der Waals surface area contributed by atoms with Crippen molar-refractivity contribution < 1.29 is 23.9 Å². The molecule has 0 unspecified atom stereocenters. The highest BCUT2D eigenvalue weighted by Gasteiger charge is 2.39. The minimum absolute atomic E-state index is 0.192. The normalized spacial score (nSPS) is 18.1. The molecule has 7 nitrogen and oxygen atoms in total. The summed E-state index contributed by atoms with van der Waals surface area (Å²) in [7, 11) is 3.00. The first kappa shape index (κ1) is 18.8. The van der Waals surface area contributed by atoms with E-state index in [1.807, 2.05) is 0 Å². The first-order valence-corrected chi connectivity index (χ1v) is 8.07. The van der Waals surface area contributed by atoms with Gasteiger partial charge in [-0.2, -0.15) is 0 Å². The van der Waals surface area contributed by atoms with Gasteiger partial charge >= 0.3 is 12.1 Å². The lowest BCUT2D eigenvalue weighted by atomic mass is 10.0. The molecule has 2 rings (SSSR count). The molecule has 2 amide bonds. The van der Waals surface area contributed by atoms with Gasteiger partial charge in [-0.1, -0.05) is 12.1 Å². The van der Waals surface area contributed by atoms with E-state index in [2.05, 4.69) is 4.74 Å². The number of amides is 2. The molecule has 0 saturated carbocycles. The van der Waals surface area contributed by atoms with E-state index in [1.165, 1.54) is 12.0 Å². The molecule has 0 spiro atoms. The monoisotopic (exact) mass is 348 g/mol. The molecule has 25 heavy (non-hydrogen) atoms. The van der Waals surface area contributed by atoms with Crippen molar-refractivity contribution in [3.05, 3.63) is 35.4 Å². The molecule has 1 aromatic rings. The van der Waals surface area contributed by atoms with Crippen LogP contribution in [0.25, 0.3) is 0 Å². The summed E-state index contributed by atoms with van der Waals surface area (Å²) < 4.78 is 10.1. The van der Waals surface area contributed by atoms with Gasteiger partial charge in [0.15, 0.2) is 0 Å². The van der Waals surface area contributed by atoms with E-state index < -0.39 is 23.7 Å². The predicted octanol–water partition coefficient (Wildman–Crippen LogP) is 2.22. The number of esters is 1. The van der Waals surface area contributed by atoms with E-state index >= 15 is 0 Å². The third-order valence-corrected chi connectivity index (χ3v) is 3.87. The fourth-order valence-electron chi connectivity index (χ4n) is 2.60. The van der Waals surface area contributed by atoms with Crippen LogP contribution in [0.5, 0.6) is 0 Å². The number of hydrogen-bond donors (Lipinski definition) is 0. The van der Waals surface area contributed by atoms with E-state index in [0.717, 1.165) is 0 Å². The fraction of sp³-hybridized carbons (Fsp3) is 0.500. The van der Waals surface area contributed by atoms with E-state index in [9.17, 15) is 14.4 Å². The van der Waals surface area contributed by atoms with Crippen molar-refractivity contribution in [2.45, 2.75) is 32.4 Å². The summed E-state index contributed by atoms with van der Waals surface area (Å²) >= 11 is 0. The highest BCUT2D eigenvalue weighted by molar-refractivity contribution is 5.90. The lowest BCUT2D eigenvalue weighted by molar-refractivity contribution is -0.140. The van der Waals surface area contributed by atoms with Crippen molar-refractivity contribution in [1.29, 1.82) is 0 Å². The molecule has 1 atom stereocenters. The highest BCUT2D eigenvalue weighted by atomic mass is 16.6. The van der Waals surface area contributed by atoms with Crippen molar-refractivity contribution in [2.75, 3.05) is 27.2 Å². The maximum absolute atomic E-state index is 12.7. The van der Waals surface area contributed by atoms with Gasteiger partial charge in [0.05, 0.1) is 12.7 Å². The Hall–Kier alpha value is -2.57. The molecule has 1 heterocycles. The average Bonchev–Trinajstić information content (AvgIpc) is 2.55. The number of rotatable bonds is 2. The van der Waals surface area contributed by atoms with Crippen LogP contribution >= 0.6 is 0 Å². The summed E-state index contributed by atoms with van der Waals surface area (Å²) in [6, 6.07) is 5.70. The minimum atomic E-state index is -0.778. The topological polar surface area (TPSA) is 76.2 Å². The molecular formula is C18H24N2O5. The Morgan fingerprint density at radius 3 is 2.24 bits per heavy atom. The molecule has 0 aromatic heterocycles. The number of carbonyl (C=O) groups is 3. The number of methoxy groups -OCH3 is 1. The molecule has 1 aliphatic heterocycles. The number of likely N-dealkylation sites (N-methyl/N-ethyl adjacent to an activating group) is 1. The molecule has 0 N–H and O–H groups in total. The van der Waals surface area contributed by atoms with Gasteiger partial charge in [-0.15, -0.1) is 0 Å². The Labute approximate surface area is 147 Å². The van der Waals surface area contributed by atoms with E-state index in [0.29, 0.717) is 24.2 Å². The molecule has 1 saturated heterocycles. The second kappa shape index (κ2) is 7.13. The van der Waals surface area contributed by atoms with Gasteiger partial charge in [0, 0.05) is 20.1 Å². The second-order valence-corrected chi connectivity index (χ2v) is 6.95. The summed E-state index contributed by atoms with van der Waals surface area (Å²) in [4.78, 5) is 39.8. The van der Waals surface area contributed by atoms with Crippen LogP contribution in [0.4, 0.5) is 4.79 Å². The summed E-state index contributed by atoms with van der Waals surface area (Å²) in [5, 5.41) is 0. The molecule has 1 fully saturated rings. The van der Waals surface area contributed by atoms with Crippen LogP contribution in [0.15, 0.2) is 24.3 Å². The predicted molar refractivity (Wildman–Crippen MR) is 91.1 cm³/mol. The zero-order valence-corrected chi connectivity index (χ0v) is 15.2. The van der Waals surface area contributed by atoms with Crippen LogP contribution in [-0.2, 0) is 14.3 Å². The van der Waals surface area contributed by atoms with Crippen LogP contribution in [-0.4, -0.2) is 60.6 Å². The second-order valence-electron chi connectivity index (χ2n) is 6.95. The fourth-order valence-corrected chi connectivity index (χ4v) is 2.60. The van der Waals surface area contributed by atoms with E-state index in [-0.39, 0.29) is 5.91 Å². The maximum Gasteiger partial charge on any atom is 0.411 e. The van der Waals surface area contributed by atoms with Gasteiger partial charge in [0.1, 0.15) is 11.6 Å². The molecule has 136 valence electrons. The number of benzene rings is 1. The zero-order valence-electron chi connectivity index (χ0n) is 15.2. The summed E-state index contributed by atoms with van der Waals surface area (Å²) in [5.41, 5.74) is 0.352. The number of nitrogens with zero attached hydrogens (tertiary/aromatic N) is 2. The molecule has 1 aromatic carbocycles. The first-order chi connectivity index (χ1) is 11.6. The smallest absolute Gasteiger partial charge is 0.411 e. The standard InChI is InChI=1S/C18H24N2O5/c1-18(2,3)25-17(23)20-11-10-19(4)15(21)14(20)12-6-8-13(9-7-12)16(22)24-5/h6-9,14H,10-11H2,1-5H3/t14-/m1/s1. The number of hydrogen-bond acceptors (Lipinski definition) is 5. The zero-order chi connectivity index (χ0) is 18.8. The Kier molecular flexibility index (Phi) is 5.35. The van der Waals surface area contributed by atoms with Crippen molar-refractivity contribution in [3.63, 3.8) is 0 Å². The maximum atomic E-state index is 12.7. The van der Waals surface area contributed by atoms with Gasteiger partial charge in [-0.3, -0.25) is 9.69 Å². The SMILES string of the molecule is COC(=O)c1ccc([C@@H]2C(=O)N(C)CCN2C(=O)OC(C)(C)C)cc1. The largest absolute Gasteiger partial charge is 0.465 e. The van der Waals surface area contributed by atoms with E-state index in [1.54, 1.807) is 57.0 Å². The molecule has 0 aliphatic carbocycles. The molecule has 7 heteroatoms. The average molecular weight is 348 g/mol. The van der Waals surface area contributed by atoms with Gasteiger partial charge in [-0.25, -0.2) is 9.59 Å². The van der Waals surface area contributed by atoms with Gasteiger partial charge in [0.2, 0.25) is 5.91 Å². The van der Waals surface area contributed by atoms with E-state index in [4.69, 9.17) is 4.74 Å². The van der Waals surface area contributed by atoms with Crippen molar-refractivity contribution in [3.8, 4) is 0 Å². The Balaban J connectivity index is 2.32. The van der Waals surface area contributed by atoms with Crippen LogP contribution in [0.2, 0.25) is 0 Å². The molecular weight excluding hydrogens is 324 g/mol. The van der Waals surface area contributed by atoms with Crippen LogP contribution in [0.3, 0.4) is 0 Å². The number of carbonyl (C=O) groups excluding carboxylic acids is 3. The molecule has 0 radical (unpaired) electrons. The number of piperazine rings is 1. The quantitative estimate of drug-likeness (QED) is 0.766.